The van der Waals surface area contributed by atoms with Gasteiger partial charge in [0.1, 0.15) is 5.75 Å². The van der Waals surface area contributed by atoms with Crippen molar-refractivity contribution in [2.45, 2.75) is 17.9 Å². The van der Waals surface area contributed by atoms with E-state index in [2.05, 4.69) is 5.43 Å². The quantitative estimate of drug-likeness (QED) is 0.608. The molecule has 5 N–H and O–H groups in total. The zero-order chi connectivity index (χ0) is 17.0. The minimum atomic E-state index is -3.89. The number of hydrogen-bond donors (Lipinski definition) is 4. The number of nitrogens with two attached hydrogens (primary N) is 1. The zero-order valence-corrected chi connectivity index (χ0v) is 13.2. The third-order valence-corrected chi connectivity index (χ3v) is 4.41. The molecule has 2 aromatic rings. The van der Waals surface area contributed by atoms with E-state index in [1.54, 1.807) is 19.1 Å². The number of benzene rings is 2. The van der Waals surface area contributed by atoms with E-state index in [1.165, 1.54) is 36.4 Å². The summed E-state index contributed by atoms with van der Waals surface area (Å²) in [4.78, 5) is 13.9. The maximum Gasteiger partial charge on any atom is 0.266 e. The molecule has 0 heterocycles. The topological polar surface area (TPSA) is 122 Å². The summed E-state index contributed by atoms with van der Waals surface area (Å²) < 4.78 is 24.2. The molecule has 0 saturated heterocycles. The number of hydrogen-bond acceptors (Lipinski definition) is 5. The maximum atomic E-state index is 12.1. The highest BCUT2D eigenvalue weighted by Crippen LogP contribution is 2.14. The first-order valence-electron chi connectivity index (χ1n) is 6.76. The number of carbonyl (C=O) groups excluding carboxylic acids is 1. The van der Waals surface area contributed by atoms with Gasteiger partial charge < -0.3 is 10.8 Å². The predicted molar refractivity (Wildman–Crippen MR) is 84.9 cm³/mol. The van der Waals surface area contributed by atoms with Crippen LogP contribution < -0.4 is 16.0 Å². The summed E-state index contributed by atoms with van der Waals surface area (Å²) in [7, 11) is -3.89. The average Bonchev–Trinajstić information content (AvgIpc) is 2.53. The van der Waals surface area contributed by atoms with Crippen LogP contribution in [-0.4, -0.2) is 19.4 Å². The molecule has 0 aliphatic heterocycles. The van der Waals surface area contributed by atoms with Crippen LogP contribution in [0.1, 0.15) is 28.9 Å². The van der Waals surface area contributed by atoms with Crippen molar-refractivity contribution in [2.75, 3.05) is 0 Å². The molecule has 0 bridgehead atoms. The standard InChI is InChI=1S/C15H17N3O4S/c1-10(16)11-4-8-14(9-5-11)23(21,22)18-17-15(20)12-2-6-13(19)7-3-12/h2-10,18-19H,16H2,1H3,(H,17,20). The van der Waals surface area contributed by atoms with Crippen molar-refractivity contribution in [3.8, 4) is 5.75 Å². The SMILES string of the molecule is CC(N)c1ccc(S(=O)(=O)NNC(=O)c2ccc(O)cc2)cc1. The van der Waals surface area contributed by atoms with Gasteiger partial charge in [-0.1, -0.05) is 12.1 Å². The highest BCUT2D eigenvalue weighted by atomic mass is 32.2. The van der Waals surface area contributed by atoms with Gasteiger partial charge in [0, 0.05) is 11.6 Å². The van der Waals surface area contributed by atoms with Crippen molar-refractivity contribution >= 4 is 15.9 Å². The number of hydrazine groups is 1. The fourth-order valence-electron chi connectivity index (χ4n) is 1.81. The van der Waals surface area contributed by atoms with Gasteiger partial charge in [0.15, 0.2) is 0 Å². The molecule has 0 radical (unpaired) electrons. The second-order valence-corrected chi connectivity index (χ2v) is 6.65. The number of nitrogens with one attached hydrogen (secondary N) is 2. The average molecular weight is 335 g/mol. The Balaban J connectivity index is 2.06. The highest BCUT2D eigenvalue weighted by molar-refractivity contribution is 7.89. The Kier molecular flexibility index (Phi) is 4.99. The Morgan fingerprint density at radius 3 is 2.17 bits per heavy atom. The van der Waals surface area contributed by atoms with Gasteiger partial charge in [-0.2, -0.15) is 0 Å². The summed E-state index contributed by atoms with van der Waals surface area (Å²) in [6.45, 7) is 1.79. The van der Waals surface area contributed by atoms with Gasteiger partial charge in [0.2, 0.25) is 0 Å². The molecule has 0 saturated carbocycles. The third kappa shape index (κ3) is 4.28. The van der Waals surface area contributed by atoms with Gasteiger partial charge in [-0.05, 0) is 48.9 Å². The Morgan fingerprint density at radius 2 is 1.65 bits per heavy atom. The van der Waals surface area contributed by atoms with Crippen molar-refractivity contribution in [1.82, 2.24) is 10.3 Å². The van der Waals surface area contributed by atoms with Crippen LogP contribution in [0.4, 0.5) is 0 Å². The summed E-state index contributed by atoms with van der Waals surface area (Å²) in [5, 5.41) is 9.16. The van der Waals surface area contributed by atoms with Crippen molar-refractivity contribution in [3.05, 3.63) is 59.7 Å². The molecule has 0 aromatic heterocycles. The Bertz CT molecular complexity index is 784. The number of phenols is 1. The van der Waals surface area contributed by atoms with Crippen molar-refractivity contribution in [1.29, 1.82) is 0 Å². The summed E-state index contributed by atoms with van der Waals surface area (Å²) in [5.74, 6) is -0.628. The van der Waals surface area contributed by atoms with Crippen LogP contribution in [0.3, 0.4) is 0 Å². The number of amides is 1. The first-order chi connectivity index (χ1) is 10.8. The molecule has 0 fully saturated rings. The lowest BCUT2D eigenvalue weighted by Crippen LogP contribution is -2.41. The summed E-state index contributed by atoms with van der Waals surface area (Å²) >= 11 is 0. The van der Waals surface area contributed by atoms with Gasteiger partial charge in [0.05, 0.1) is 4.90 Å². The van der Waals surface area contributed by atoms with Crippen molar-refractivity contribution in [2.24, 2.45) is 5.73 Å². The maximum absolute atomic E-state index is 12.1. The summed E-state index contributed by atoms with van der Waals surface area (Å²) in [6.07, 6.45) is 0. The summed E-state index contributed by atoms with van der Waals surface area (Å²) in [5.41, 5.74) is 8.83. The number of rotatable bonds is 5. The molecule has 0 aliphatic rings. The molecule has 2 aromatic carbocycles. The van der Waals surface area contributed by atoms with Gasteiger partial charge in [-0.25, -0.2) is 8.42 Å². The number of phenolic OH excluding ortho intramolecular Hbond substituents is 1. The van der Waals surface area contributed by atoms with E-state index in [-0.39, 0.29) is 22.3 Å². The second-order valence-electron chi connectivity index (χ2n) is 4.96. The van der Waals surface area contributed by atoms with Gasteiger partial charge in [-0.15, -0.1) is 4.83 Å². The molecule has 0 spiro atoms. The van der Waals surface area contributed by atoms with E-state index in [9.17, 15) is 13.2 Å². The molecule has 1 unspecified atom stereocenters. The normalized spacial score (nSPS) is 12.6. The molecule has 0 aliphatic carbocycles. The number of aromatic hydroxyl groups is 1. The largest absolute Gasteiger partial charge is 0.508 e. The Hall–Kier alpha value is -2.42. The lowest BCUT2D eigenvalue weighted by Gasteiger charge is -2.10. The van der Waals surface area contributed by atoms with E-state index in [1.807, 2.05) is 4.83 Å². The van der Waals surface area contributed by atoms with Crippen LogP contribution in [0.15, 0.2) is 53.4 Å². The van der Waals surface area contributed by atoms with Crippen LogP contribution >= 0.6 is 0 Å². The van der Waals surface area contributed by atoms with Crippen LogP contribution in [0.25, 0.3) is 0 Å². The Labute approximate surface area is 134 Å². The first-order valence-corrected chi connectivity index (χ1v) is 8.24. The van der Waals surface area contributed by atoms with Gasteiger partial charge in [-0.3, -0.25) is 10.2 Å². The Morgan fingerprint density at radius 1 is 1.09 bits per heavy atom. The lowest BCUT2D eigenvalue weighted by atomic mass is 10.1. The fraction of sp³-hybridized carbons (Fsp3) is 0.133. The van der Waals surface area contributed by atoms with E-state index < -0.39 is 15.9 Å². The monoisotopic (exact) mass is 335 g/mol. The first kappa shape index (κ1) is 16.9. The zero-order valence-electron chi connectivity index (χ0n) is 12.4. The van der Waals surface area contributed by atoms with Gasteiger partial charge in [0.25, 0.3) is 15.9 Å². The minimum absolute atomic E-state index is 0.00732. The van der Waals surface area contributed by atoms with E-state index in [4.69, 9.17) is 10.8 Å². The lowest BCUT2D eigenvalue weighted by molar-refractivity contribution is 0.0945. The molecule has 7 nitrogen and oxygen atoms in total. The third-order valence-electron chi connectivity index (χ3n) is 3.14. The molecule has 2 rings (SSSR count). The number of sulfonamides is 1. The molecule has 23 heavy (non-hydrogen) atoms. The van der Waals surface area contributed by atoms with E-state index in [0.717, 1.165) is 5.56 Å². The molecular weight excluding hydrogens is 318 g/mol. The van der Waals surface area contributed by atoms with Gasteiger partial charge >= 0.3 is 0 Å². The van der Waals surface area contributed by atoms with Crippen LogP contribution in [0.5, 0.6) is 5.75 Å². The molecule has 8 heteroatoms. The molecular formula is C15H17N3O4S. The molecule has 1 amide bonds. The minimum Gasteiger partial charge on any atom is -0.508 e. The van der Waals surface area contributed by atoms with E-state index in [0.29, 0.717) is 0 Å². The molecule has 1 atom stereocenters. The fourth-order valence-corrected chi connectivity index (χ4v) is 2.65. The smallest absolute Gasteiger partial charge is 0.266 e. The van der Waals surface area contributed by atoms with E-state index >= 15 is 0 Å². The highest BCUT2D eigenvalue weighted by Gasteiger charge is 2.16. The van der Waals surface area contributed by atoms with Crippen LogP contribution in [0.2, 0.25) is 0 Å². The molecule has 122 valence electrons. The van der Waals surface area contributed by atoms with Crippen LogP contribution in [0, 0.1) is 0 Å². The second kappa shape index (κ2) is 6.78. The summed E-state index contributed by atoms with van der Waals surface area (Å²) in [6, 6.07) is 11.2. The van der Waals surface area contributed by atoms with Crippen molar-refractivity contribution in [3.63, 3.8) is 0 Å². The predicted octanol–water partition coefficient (Wildman–Crippen LogP) is 1.04. The number of carbonyl (C=O) groups is 1. The van der Waals surface area contributed by atoms with Crippen LogP contribution in [-0.2, 0) is 10.0 Å². The van der Waals surface area contributed by atoms with Crippen molar-refractivity contribution < 1.29 is 18.3 Å².